The summed E-state index contributed by atoms with van der Waals surface area (Å²) in [5.41, 5.74) is 12.8. The second-order valence-electron chi connectivity index (χ2n) is 3.08. The third-order valence-electron chi connectivity index (χ3n) is 1.85. The summed E-state index contributed by atoms with van der Waals surface area (Å²) in [4.78, 5) is 0. The third-order valence-corrected chi connectivity index (χ3v) is 1.85. The van der Waals surface area contributed by atoms with Crippen molar-refractivity contribution in [1.29, 1.82) is 0 Å². The van der Waals surface area contributed by atoms with E-state index in [-0.39, 0.29) is 34.3 Å². The van der Waals surface area contributed by atoms with Gasteiger partial charge in [0.2, 0.25) is 5.75 Å². The molecule has 0 amide bonds. The predicted molar refractivity (Wildman–Crippen MR) is 63.8 cm³/mol. The molecule has 0 atom stereocenters. The first-order valence-corrected chi connectivity index (χ1v) is 4.65. The van der Waals surface area contributed by atoms with Crippen molar-refractivity contribution in [2.45, 2.75) is 0 Å². The van der Waals surface area contributed by atoms with Crippen molar-refractivity contribution >= 4 is 11.4 Å². The summed E-state index contributed by atoms with van der Waals surface area (Å²) in [6.45, 7) is 0. The van der Waals surface area contributed by atoms with Gasteiger partial charge < -0.3 is 21.7 Å². The van der Waals surface area contributed by atoms with Gasteiger partial charge in [-0.05, 0) is 11.8 Å². The minimum Gasteiger partial charge on any atom is -0.871 e. The Kier molecular flexibility index (Phi) is 6.63. The Bertz CT molecular complexity index is 378. The molecule has 2 rings (SSSR count). The van der Waals surface area contributed by atoms with E-state index in [0.717, 1.165) is 0 Å². The maximum absolute atomic E-state index is 10.5. The molecule has 0 aromatic heterocycles. The van der Waals surface area contributed by atoms with E-state index in [4.69, 9.17) is 16.6 Å². The molecule has 0 unspecified atom stereocenters. The van der Waals surface area contributed by atoms with Crippen molar-refractivity contribution in [3.05, 3.63) is 54.3 Å². The quantitative estimate of drug-likeness (QED) is 0.454. The summed E-state index contributed by atoms with van der Waals surface area (Å²) in [6.07, 6.45) is 0. The van der Waals surface area contributed by atoms with Gasteiger partial charge in [-0.15, -0.1) is 0 Å². The first-order chi connectivity index (χ1) is 7.61. The van der Waals surface area contributed by atoms with Crippen molar-refractivity contribution in [3.63, 3.8) is 0 Å². The van der Waals surface area contributed by atoms with Gasteiger partial charge >= 0.3 is 17.1 Å². The number of para-hydroxylation sites is 3. The molecule has 5 N–H and O–H groups in total. The van der Waals surface area contributed by atoms with Crippen molar-refractivity contribution in [2.24, 2.45) is 0 Å². The van der Waals surface area contributed by atoms with Crippen molar-refractivity contribution in [1.82, 2.24) is 0 Å². The van der Waals surface area contributed by atoms with Crippen LogP contribution >= 0.6 is 0 Å². The van der Waals surface area contributed by atoms with Crippen LogP contribution in [-0.4, -0.2) is 5.11 Å². The molecular weight excluding hydrogens is 268 g/mol. The van der Waals surface area contributed by atoms with E-state index in [9.17, 15) is 5.11 Å². The number of rotatable bonds is 0. The molecule has 0 bridgehead atoms. The van der Waals surface area contributed by atoms with Crippen LogP contribution < -0.4 is 10.8 Å². The molecule has 4 nitrogen and oxygen atoms in total. The summed E-state index contributed by atoms with van der Waals surface area (Å²) in [6, 6.07) is 13.1. The SMILES string of the molecule is Nc1ccccc1[O-].[Cu+2].[NH-]c1ccccc1[OH2+]. The van der Waals surface area contributed by atoms with Crippen LogP contribution in [0.25, 0.3) is 5.73 Å². The molecule has 93 valence electrons. The zero-order valence-electron chi connectivity index (χ0n) is 8.91. The Hall–Kier alpha value is -1.84. The zero-order valence-corrected chi connectivity index (χ0v) is 9.85. The van der Waals surface area contributed by atoms with Gasteiger partial charge in [0.25, 0.3) is 0 Å². The number of nitrogen functional groups attached to an aromatic ring is 1. The monoisotopic (exact) mass is 280 g/mol. The first-order valence-electron chi connectivity index (χ1n) is 4.65. The topological polar surface area (TPSA) is 95.8 Å². The fourth-order valence-corrected chi connectivity index (χ4v) is 0.964. The van der Waals surface area contributed by atoms with Crippen LogP contribution in [0.4, 0.5) is 11.4 Å². The largest absolute Gasteiger partial charge is 2.00 e. The van der Waals surface area contributed by atoms with Gasteiger partial charge in [-0.25, -0.2) is 0 Å². The normalized spacial score (nSPS) is 8.47. The Labute approximate surface area is 110 Å². The molecule has 17 heavy (non-hydrogen) atoms. The molecule has 0 spiro atoms. The number of benzene rings is 2. The minimum absolute atomic E-state index is 0. The fourth-order valence-electron chi connectivity index (χ4n) is 0.964. The molecule has 0 fully saturated rings. The van der Waals surface area contributed by atoms with Crippen LogP contribution in [0.5, 0.6) is 11.5 Å². The average Bonchev–Trinajstić information content (AvgIpc) is 2.28. The molecule has 1 radical (unpaired) electrons. The van der Waals surface area contributed by atoms with Crippen LogP contribution in [0, 0.1) is 0 Å². The molecule has 0 saturated heterocycles. The van der Waals surface area contributed by atoms with Gasteiger partial charge in [-0.3, -0.25) is 0 Å². The van der Waals surface area contributed by atoms with Crippen LogP contribution in [-0.2, 0) is 17.1 Å². The second-order valence-corrected chi connectivity index (χ2v) is 3.08. The second kappa shape index (κ2) is 7.44. The van der Waals surface area contributed by atoms with Gasteiger partial charge in [0, 0.05) is 11.8 Å². The molecule has 0 aliphatic heterocycles. The predicted octanol–water partition coefficient (Wildman–Crippen LogP) is 2.15. The van der Waals surface area contributed by atoms with Gasteiger partial charge in [-0.2, -0.15) is 0 Å². The number of hydrogen-bond acceptors (Lipinski definition) is 2. The summed E-state index contributed by atoms with van der Waals surface area (Å²) < 4.78 is 0. The molecule has 0 aliphatic rings. The average molecular weight is 281 g/mol. The maximum Gasteiger partial charge on any atom is 2.00 e. The van der Waals surface area contributed by atoms with Gasteiger partial charge in [0.15, 0.2) is 0 Å². The van der Waals surface area contributed by atoms with Crippen molar-refractivity contribution in [3.8, 4) is 11.5 Å². The number of anilines is 1. The molecule has 2 aromatic carbocycles. The minimum atomic E-state index is -0.104. The fraction of sp³-hybridized carbons (Fsp3) is 0. The van der Waals surface area contributed by atoms with Crippen LogP contribution in [0.3, 0.4) is 0 Å². The van der Waals surface area contributed by atoms with Crippen LogP contribution in [0.1, 0.15) is 0 Å². The Morgan fingerprint density at radius 2 is 1.53 bits per heavy atom. The van der Waals surface area contributed by atoms with Gasteiger partial charge in [-0.1, -0.05) is 42.1 Å². The van der Waals surface area contributed by atoms with Crippen molar-refractivity contribution in [2.75, 3.05) is 5.73 Å². The van der Waals surface area contributed by atoms with E-state index < -0.39 is 0 Å². The molecule has 5 heteroatoms. The van der Waals surface area contributed by atoms with E-state index in [0.29, 0.717) is 5.69 Å². The van der Waals surface area contributed by atoms with Crippen molar-refractivity contribution < 1.29 is 27.3 Å². The molecule has 0 saturated carbocycles. The molecule has 0 aliphatic carbocycles. The first kappa shape index (κ1) is 15.2. The van der Waals surface area contributed by atoms with E-state index in [1.165, 1.54) is 6.07 Å². The van der Waals surface area contributed by atoms with E-state index >= 15 is 0 Å². The van der Waals surface area contributed by atoms with Crippen LogP contribution in [0.15, 0.2) is 48.5 Å². The van der Waals surface area contributed by atoms with E-state index in [1.807, 2.05) is 0 Å². The van der Waals surface area contributed by atoms with Gasteiger partial charge in [0.1, 0.15) is 0 Å². The molecular formula is C12H13CuN2O2+. The van der Waals surface area contributed by atoms with E-state index in [2.05, 4.69) is 0 Å². The summed E-state index contributed by atoms with van der Waals surface area (Å²) in [5.74, 6) is 0.181. The molecule has 0 heterocycles. The Morgan fingerprint density at radius 1 is 1.00 bits per heavy atom. The summed E-state index contributed by atoms with van der Waals surface area (Å²) in [5, 5.41) is 17.5. The van der Waals surface area contributed by atoms with Crippen LogP contribution in [0.2, 0.25) is 0 Å². The van der Waals surface area contributed by atoms with E-state index in [1.54, 1.807) is 42.5 Å². The number of nitrogens with one attached hydrogen (secondary N) is 1. The standard InChI is InChI=1S/C6H7NO.C6H6NO.Cu/c2*7-5-3-1-2-4-6(5)8;/h1-4,8H,7H2;1-4,7-8H;/q;-1;+2. The number of nitrogens with two attached hydrogens (primary N) is 1. The summed E-state index contributed by atoms with van der Waals surface area (Å²) >= 11 is 0. The van der Waals surface area contributed by atoms with Gasteiger partial charge in [0.05, 0.1) is 0 Å². The maximum atomic E-state index is 10.5. The molecule has 2 aromatic rings. The number of hydrogen-bond donors (Lipinski definition) is 1. The Balaban J connectivity index is 0.000000284. The smallest absolute Gasteiger partial charge is 0.871 e. The third kappa shape index (κ3) is 5.15. The summed E-state index contributed by atoms with van der Waals surface area (Å²) in [7, 11) is 0. The zero-order chi connectivity index (χ0) is 12.0. The Morgan fingerprint density at radius 3 is 1.88 bits per heavy atom.